The van der Waals surface area contributed by atoms with E-state index < -0.39 is 0 Å². The summed E-state index contributed by atoms with van der Waals surface area (Å²) in [5.74, 6) is 1.23. The van der Waals surface area contributed by atoms with Crippen LogP contribution >= 0.6 is 0 Å². The van der Waals surface area contributed by atoms with Gasteiger partial charge in [-0.15, -0.1) is 0 Å². The lowest BCUT2D eigenvalue weighted by Gasteiger charge is -2.04. The van der Waals surface area contributed by atoms with Crippen molar-refractivity contribution in [3.63, 3.8) is 0 Å². The van der Waals surface area contributed by atoms with E-state index in [0.29, 0.717) is 11.9 Å². The number of nitrogens with zero attached hydrogens (tertiary/aromatic N) is 2. The Bertz CT molecular complexity index is 304. The number of hydrogen-bond donors (Lipinski definition) is 2. The summed E-state index contributed by atoms with van der Waals surface area (Å²) >= 11 is 0. The van der Waals surface area contributed by atoms with E-state index in [4.69, 9.17) is 10.5 Å². The maximum Gasteiger partial charge on any atom is 0.233 e. The van der Waals surface area contributed by atoms with Crippen LogP contribution < -0.4 is 15.8 Å². The first-order chi connectivity index (χ1) is 6.29. The second-order valence-corrected chi connectivity index (χ2v) is 3.10. The fraction of sp³-hybridized carbons (Fsp3) is 0.500. The van der Waals surface area contributed by atoms with E-state index in [-0.39, 0.29) is 6.04 Å². The van der Waals surface area contributed by atoms with Crippen LogP contribution in [0.15, 0.2) is 12.4 Å². The first-order valence-electron chi connectivity index (χ1n) is 4.18. The van der Waals surface area contributed by atoms with Gasteiger partial charge >= 0.3 is 0 Å². The van der Waals surface area contributed by atoms with E-state index >= 15 is 0 Å². The number of nitrogens with two attached hydrogens (primary N) is 1. The third kappa shape index (κ3) is 1.86. The highest BCUT2D eigenvalue weighted by atomic mass is 16.5. The van der Waals surface area contributed by atoms with Crippen LogP contribution in [0.3, 0.4) is 0 Å². The largest absolute Gasteiger partial charge is 0.480 e. The molecule has 1 fully saturated rings. The number of methoxy groups -OCH3 is 1. The highest BCUT2D eigenvalue weighted by molar-refractivity contribution is 5.37. The van der Waals surface area contributed by atoms with Crippen LogP contribution in [0, 0.1) is 0 Å². The molecular weight excluding hydrogens is 168 g/mol. The van der Waals surface area contributed by atoms with Crippen LogP contribution in [-0.2, 0) is 0 Å². The van der Waals surface area contributed by atoms with E-state index in [1.807, 2.05) is 0 Å². The first kappa shape index (κ1) is 8.25. The van der Waals surface area contributed by atoms with Crippen molar-refractivity contribution in [3.8, 4) is 5.88 Å². The Morgan fingerprint density at radius 3 is 3.00 bits per heavy atom. The molecule has 1 heterocycles. The molecule has 1 aromatic heterocycles. The van der Waals surface area contributed by atoms with Crippen LogP contribution in [0.25, 0.3) is 0 Å². The number of aromatic nitrogens is 2. The molecule has 0 spiro atoms. The molecule has 2 atom stereocenters. The van der Waals surface area contributed by atoms with E-state index in [1.54, 1.807) is 19.5 Å². The van der Waals surface area contributed by atoms with E-state index in [2.05, 4.69) is 15.3 Å². The SMILES string of the molecule is COc1cncc(NC2CC2N)n1. The molecule has 0 radical (unpaired) electrons. The van der Waals surface area contributed by atoms with Gasteiger partial charge < -0.3 is 15.8 Å². The number of rotatable bonds is 3. The van der Waals surface area contributed by atoms with Crippen molar-refractivity contribution < 1.29 is 4.74 Å². The van der Waals surface area contributed by atoms with Crippen LogP contribution in [0.5, 0.6) is 5.88 Å². The zero-order valence-corrected chi connectivity index (χ0v) is 7.40. The van der Waals surface area contributed by atoms with E-state index in [0.717, 1.165) is 12.2 Å². The van der Waals surface area contributed by atoms with Crippen molar-refractivity contribution in [1.29, 1.82) is 0 Å². The molecule has 2 unspecified atom stereocenters. The van der Waals surface area contributed by atoms with Crippen LogP contribution in [0.4, 0.5) is 5.82 Å². The number of hydrogen-bond acceptors (Lipinski definition) is 5. The van der Waals surface area contributed by atoms with Gasteiger partial charge in [-0.1, -0.05) is 0 Å². The summed E-state index contributed by atoms with van der Waals surface area (Å²) in [7, 11) is 1.57. The van der Waals surface area contributed by atoms with Crippen molar-refractivity contribution in [3.05, 3.63) is 12.4 Å². The number of ether oxygens (including phenoxy) is 1. The minimum Gasteiger partial charge on any atom is -0.480 e. The lowest BCUT2D eigenvalue weighted by atomic mass is 10.6. The Morgan fingerprint density at radius 1 is 1.62 bits per heavy atom. The average molecular weight is 180 g/mol. The predicted molar refractivity (Wildman–Crippen MR) is 48.6 cm³/mol. The predicted octanol–water partition coefficient (Wildman–Crippen LogP) is -0.00330. The van der Waals surface area contributed by atoms with Gasteiger partial charge in [-0.2, -0.15) is 4.98 Å². The lowest BCUT2D eigenvalue weighted by molar-refractivity contribution is 0.396. The third-order valence-electron chi connectivity index (χ3n) is 1.99. The molecule has 1 aromatic rings. The highest BCUT2D eigenvalue weighted by Crippen LogP contribution is 2.22. The molecule has 1 saturated carbocycles. The zero-order chi connectivity index (χ0) is 9.26. The van der Waals surface area contributed by atoms with Gasteiger partial charge in [0.25, 0.3) is 0 Å². The molecule has 70 valence electrons. The topological polar surface area (TPSA) is 73.1 Å². The van der Waals surface area contributed by atoms with Gasteiger partial charge in [0.05, 0.1) is 19.5 Å². The van der Waals surface area contributed by atoms with Gasteiger partial charge in [-0.3, -0.25) is 4.98 Å². The maximum atomic E-state index is 5.64. The summed E-state index contributed by atoms with van der Waals surface area (Å²) in [6.45, 7) is 0. The third-order valence-corrected chi connectivity index (χ3v) is 1.99. The van der Waals surface area contributed by atoms with Crippen molar-refractivity contribution in [2.75, 3.05) is 12.4 Å². The van der Waals surface area contributed by atoms with Crippen molar-refractivity contribution in [2.45, 2.75) is 18.5 Å². The Balaban J connectivity index is 2.03. The summed E-state index contributed by atoms with van der Waals surface area (Å²) in [5.41, 5.74) is 5.64. The van der Waals surface area contributed by atoms with E-state index in [9.17, 15) is 0 Å². The minimum absolute atomic E-state index is 0.257. The maximum absolute atomic E-state index is 5.64. The molecule has 3 N–H and O–H groups in total. The first-order valence-corrected chi connectivity index (χ1v) is 4.18. The quantitative estimate of drug-likeness (QED) is 0.684. The van der Waals surface area contributed by atoms with Crippen LogP contribution in [0.2, 0.25) is 0 Å². The van der Waals surface area contributed by atoms with Crippen LogP contribution in [-0.4, -0.2) is 29.2 Å². The van der Waals surface area contributed by atoms with Crippen molar-refractivity contribution in [2.24, 2.45) is 5.73 Å². The molecule has 5 nitrogen and oxygen atoms in total. The van der Waals surface area contributed by atoms with Gasteiger partial charge in [-0.25, -0.2) is 0 Å². The minimum atomic E-state index is 0.257. The summed E-state index contributed by atoms with van der Waals surface area (Å²) in [6.07, 6.45) is 4.23. The zero-order valence-electron chi connectivity index (χ0n) is 7.40. The Hall–Kier alpha value is -1.36. The molecule has 13 heavy (non-hydrogen) atoms. The van der Waals surface area contributed by atoms with Gasteiger partial charge in [-0.05, 0) is 6.42 Å². The second kappa shape index (κ2) is 3.18. The molecule has 0 amide bonds. The fourth-order valence-electron chi connectivity index (χ4n) is 1.09. The standard InChI is InChI=1S/C8H12N4O/c1-13-8-4-10-3-7(12-8)11-6-2-5(6)9/h3-6H,2,9H2,1H3,(H,11,12). The molecule has 1 aliphatic carbocycles. The smallest absolute Gasteiger partial charge is 0.233 e. The Morgan fingerprint density at radius 2 is 2.38 bits per heavy atom. The normalized spacial score (nSPS) is 25.4. The van der Waals surface area contributed by atoms with Gasteiger partial charge in [0.1, 0.15) is 5.82 Å². The molecular formula is C8H12N4O. The molecule has 0 aromatic carbocycles. The monoisotopic (exact) mass is 180 g/mol. The van der Waals surface area contributed by atoms with Gasteiger partial charge in [0.2, 0.25) is 5.88 Å². The summed E-state index contributed by atoms with van der Waals surface area (Å²) in [4.78, 5) is 8.12. The summed E-state index contributed by atoms with van der Waals surface area (Å²) in [5, 5.41) is 3.16. The molecule has 2 rings (SSSR count). The average Bonchev–Trinajstić information content (AvgIpc) is 2.82. The molecule has 0 saturated heterocycles. The summed E-state index contributed by atoms with van der Waals surface area (Å²) < 4.78 is 4.94. The van der Waals surface area contributed by atoms with Gasteiger partial charge in [0, 0.05) is 12.1 Å². The number of nitrogens with one attached hydrogen (secondary N) is 1. The highest BCUT2D eigenvalue weighted by Gasteiger charge is 2.33. The molecule has 0 bridgehead atoms. The lowest BCUT2D eigenvalue weighted by Crippen LogP contribution is -2.14. The van der Waals surface area contributed by atoms with E-state index in [1.165, 1.54) is 0 Å². The molecule has 5 heteroatoms. The Kier molecular flexibility index (Phi) is 2.02. The van der Waals surface area contributed by atoms with Crippen molar-refractivity contribution in [1.82, 2.24) is 9.97 Å². The number of anilines is 1. The molecule has 0 aliphatic heterocycles. The summed E-state index contributed by atoms with van der Waals surface area (Å²) in [6, 6.07) is 0.606. The Labute approximate surface area is 76.3 Å². The van der Waals surface area contributed by atoms with Gasteiger partial charge in [0.15, 0.2) is 0 Å². The fourth-order valence-corrected chi connectivity index (χ4v) is 1.09. The molecule has 1 aliphatic rings. The van der Waals surface area contributed by atoms with Crippen molar-refractivity contribution >= 4 is 5.82 Å². The second-order valence-electron chi connectivity index (χ2n) is 3.10. The van der Waals surface area contributed by atoms with Crippen LogP contribution in [0.1, 0.15) is 6.42 Å².